The van der Waals surface area contributed by atoms with Gasteiger partial charge in [0.05, 0.1) is 12.3 Å². The van der Waals surface area contributed by atoms with E-state index in [0.717, 1.165) is 38.5 Å². The van der Waals surface area contributed by atoms with Crippen molar-refractivity contribution in [2.24, 2.45) is 5.92 Å². The van der Waals surface area contributed by atoms with Crippen molar-refractivity contribution >= 4 is 10.0 Å². The highest BCUT2D eigenvalue weighted by Crippen LogP contribution is 2.37. The van der Waals surface area contributed by atoms with Gasteiger partial charge in [-0.15, -0.1) is 0 Å². The van der Waals surface area contributed by atoms with E-state index in [1.807, 2.05) is 0 Å². The molecule has 7 heteroatoms. The Bertz CT molecular complexity index is 543. The van der Waals surface area contributed by atoms with Gasteiger partial charge in [-0.2, -0.15) is 9.40 Å². The number of hydrogen-bond donors (Lipinski definition) is 2. The zero-order chi connectivity index (χ0) is 14.2. The molecule has 112 valence electrons. The van der Waals surface area contributed by atoms with E-state index in [4.69, 9.17) is 0 Å². The van der Waals surface area contributed by atoms with Gasteiger partial charge in [0.1, 0.15) is 0 Å². The fraction of sp³-hybridized carbons (Fsp3) is 0.769. The molecule has 1 saturated heterocycles. The van der Waals surface area contributed by atoms with Crippen LogP contribution in [0.15, 0.2) is 17.3 Å². The van der Waals surface area contributed by atoms with Crippen LogP contribution in [0.1, 0.15) is 38.5 Å². The molecule has 6 nitrogen and oxygen atoms in total. The molecule has 1 aromatic heterocycles. The van der Waals surface area contributed by atoms with Gasteiger partial charge in [0.2, 0.25) is 0 Å². The summed E-state index contributed by atoms with van der Waals surface area (Å²) in [5, 5.41) is 16.6. The van der Waals surface area contributed by atoms with E-state index in [2.05, 4.69) is 10.2 Å². The van der Waals surface area contributed by atoms with Crippen LogP contribution >= 0.6 is 0 Å². The van der Waals surface area contributed by atoms with Crippen LogP contribution in [0.25, 0.3) is 0 Å². The number of aliphatic hydroxyl groups excluding tert-OH is 1. The minimum atomic E-state index is -3.51. The third kappa shape index (κ3) is 2.38. The van der Waals surface area contributed by atoms with Gasteiger partial charge < -0.3 is 5.11 Å². The molecule has 0 spiro atoms. The van der Waals surface area contributed by atoms with Gasteiger partial charge in [-0.05, 0) is 31.7 Å². The number of H-pyrrole nitrogens is 1. The number of nitrogens with one attached hydrogen (secondary N) is 1. The molecule has 0 radical (unpaired) electrons. The molecule has 2 N–H and O–H groups in total. The SMILES string of the molecule is O=S(=O)(c1ccn[nH]1)N1CCCC1C1CCCCC1O. The highest BCUT2D eigenvalue weighted by molar-refractivity contribution is 7.89. The lowest BCUT2D eigenvalue weighted by molar-refractivity contribution is 0.0386. The van der Waals surface area contributed by atoms with Crippen molar-refractivity contribution in [1.29, 1.82) is 0 Å². The smallest absolute Gasteiger partial charge is 0.260 e. The Labute approximate surface area is 119 Å². The number of rotatable bonds is 3. The molecular formula is C13H21N3O3S. The summed E-state index contributed by atoms with van der Waals surface area (Å²) in [6.07, 6.45) is 6.61. The van der Waals surface area contributed by atoms with Gasteiger partial charge in [-0.1, -0.05) is 12.8 Å². The number of sulfonamides is 1. The zero-order valence-electron chi connectivity index (χ0n) is 11.4. The first kappa shape index (κ1) is 14.0. The van der Waals surface area contributed by atoms with Crippen LogP contribution in [-0.4, -0.2) is 46.7 Å². The van der Waals surface area contributed by atoms with Crippen LogP contribution in [0.3, 0.4) is 0 Å². The van der Waals surface area contributed by atoms with Crippen molar-refractivity contribution in [1.82, 2.24) is 14.5 Å². The fourth-order valence-corrected chi connectivity index (χ4v) is 5.24. The average Bonchev–Trinajstić information content (AvgIpc) is 3.11. The number of hydrogen-bond acceptors (Lipinski definition) is 4. The first-order valence-corrected chi connectivity index (χ1v) is 8.74. The second-order valence-corrected chi connectivity index (χ2v) is 7.62. The third-order valence-electron chi connectivity index (χ3n) is 4.59. The lowest BCUT2D eigenvalue weighted by atomic mass is 9.81. The molecule has 3 unspecified atom stereocenters. The average molecular weight is 299 g/mol. The lowest BCUT2D eigenvalue weighted by Crippen LogP contribution is -2.45. The maximum atomic E-state index is 12.6. The van der Waals surface area contributed by atoms with Crippen LogP contribution in [0.5, 0.6) is 0 Å². The van der Waals surface area contributed by atoms with E-state index in [-0.39, 0.29) is 23.1 Å². The van der Waals surface area contributed by atoms with Gasteiger partial charge in [-0.3, -0.25) is 5.10 Å². The highest BCUT2D eigenvalue weighted by Gasteiger charge is 2.42. The summed E-state index contributed by atoms with van der Waals surface area (Å²) in [4.78, 5) is 0. The molecule has 2 fully saturated rings. The van der Waals surface area contributed by atoms with E-state index in [0.29, 0.717) is 6.54 Å². The predicted molar refractivity (Wildman–Crippen MR) is 73.5 cm³/mol. The van der Waals surface area contributed by atoms with E-state index in [9.17, 15) is 13.5 Å². The summed E-state index contributed by atoms with van der Waals surface area (Å²) in [6.45, 7) is 0.537. The number of aromatic amines is 1. The first-order chi connectivity index (χ1) is 9.60. The Balaban J connectivity index is 1.85. The molecular weight excluding hydrogens is 278 g/mol. The van der Waals surface area contributed by atoms with Crippen molar-refractivity contribution in [2.75, 3.05) is 6.54 Å². The molecule has 0 aromatic carbocycles. The van der Waals surface area contributed by atoms with Crippen LogP contribution in [0.4, 0.5) is 0 Å². The largest absolute Gasteiger partial charge is 0.393 e. The lowest BCUT2D eigenvalue weighted by Gasteiger charge is -2.36. The van der Waals surface area contributed by atoms with E-state index >= 15 is 0 Å². The summed E-state index contributed by atoms with van der Waals surface area (Å²) >= 11 is 0. The summed E-state index contributed by atoms with van der Waals surface area (Å²) in [7, 11) is -3.51. The Hall–Kier alpha value is -0.920. The van der Waals surface area contributed by atoms with Crippen molar-refractivity contribution < 1.29 is 13.5 Å². The van der Waals surface area contributed by atoms with Gasteiger partial charge in [0, 0.05) is 18.5 Å². The van der Waals surface area contributed by atoms with Gasteiger partial charge in [0.25, 0.3) is 10.0 Å². The van der Waals surface area contributed by atoms with Crippen molar-refractivity contribution in [3.05, 3.63) is 12.3 Å². The summed E-state index contributed by atoms with van der Waals surface area (Å²) in [5.41, 5.74) is 0. The molecule has 1 saturated carbocycles. The molecule has 1 aliphatic carbocycles. The van der Waals surface area contributed by atoms with Crippen molar-refractivity contribution in [2.45, 2.75) is 55.7 Å². The van der Waals surface area contributed by atoms with E-state index in [1.54, 1.807) is 4.31 Å². The minimum absolute atomic E-state index is 0.0707. The maximum Gasteiger partial charge on any atom is 0.260 e. The number of aromatic nitrogens is 2. The zero-order valence-corrected chi connectivity index (χ0v) is 12.2. The van der Waals surface area contributed by atoms with Gasteiger partial charge >= 0.3 is 0 Å². The maximum absolute atomic E-state index is 12.6. The summed E-state index contributed by atoms with van der Waals surface area (Å²) in [6, 6.07) is 1.42. The second-order valence-electron chi connectivity index (χ2n) is 5.76. The molecule has 0 bridgehead atoms. The molecule has 0 amide bonds. The number of nitrogens with zero attached hydrogens (tertiary/aromatic N) is 2. The Morgan fingerprint density at radius 3 is 2.75 bits per heavy atom. The normalized spacial score (nSPS) is 32.5. The summed E-state index contributed by atoms with van der Waals surface area (Å²) in [5.74, 6) is 0.0731. The second kappa shape index (κ2) is 5.46. The highest BCUT2D eigenvalue weighted by atomic mass is 32.2. The van der Waals surface area contributed by atoms with Crippen LogP contribution < -0.4 is 0 Å². The van der Waals surface area contributed by atoms with E-state index in [1.165, 1.54) is 12.3 Å². The monoisotopic (exact) mass is 299 g/mol. The predicted octanol–water partition coefficient (Wildman–Crippen LogP) is 1.11. The molecule has 1 aliphatic heterocycles. The van der Waals surface area contributed by atoms with Crippen molar-refractivity contribution in [3.63, 3.8) is 0 Å². The third-order valence-corrected chi connectivity index (χ3v) is 6.44. The molecule has 3 rings (SSSR count). The minimum Gasteiger partial charge on any atom is -0.393 e. The van der Waals surface area contributed by atoms with Crippen molar-refractivity contribution in [3.8, 4) is 0 Å². The molecule has 2 aliphatic rings. The number of aliphatic hydroxyl groups is 1. The van der Waals surface area contributed by atoms with E-state index < -0.39 is 10.0 Å². The van der Waals surface area contributed by atoms with Gasteiger partial charge in [0.15, 0.2) is 5.03 Å². The molecule has 3 atom stereocenters. The van der Waals surface area contributed by atoms with Gasteiger partial charge in [-0.25, -0.2) is 8.42 Å². The molecule has 1 aromatic rings. The van der Waals surface area contributed by atoms with Crippen LogP contribution in [-0.2, 0) is 10.0 Å². The Kier molecular flexibility index (Phi) is 3.83. The fourth-order valence-electron chi connectivity index (χ4n) is 3.59. The first-order valence-electron chi connectivity index (χ1n) is 7.30. The quantitative estimate of drug-likeness (QED) is 0.875. The topological polar surface area (TPSA) is 86.3 Å². The standard InChI is InChI=1S/C13H21N3O3S/c17-12-6-2-1-4-10(12)11-5-3-9-16(11)20(18,19)13-7-8-14-15-13/h7-8,10-12,17H,1-6,9H2,(H,14,15). The summed E-state index contributed by atoms with van der Waals surface area (Å²) < 4.78 is 26.8. The molecule has 20 heavy (non-hydrogen) atoms. The molecule has 2 heterocycles. The Morgan fingerprint density at radius 2 is 2.05 bits per heavy atom. The van der Waals surface area contributed by atoms with Crippen LogP contribution in [0, 0.1) is 5.92 Å². The van der Waals surface area contributed by atoms with Crippen LogP contribution in [0.2, 0.25) is 0 Å². The Morgan fingerprint density at radius 1 is 1.25 bits per heavy atom.